The number of ether oxygens (including phenoxy) is 2. The normalized spacial score (nSPS) is 11.1. The van der Waals surface area contributed by atoms with E-state index in [0.717, 1.165) is 14.8 Å². The van der Waals surface area contributed by atoms with Crippen LogP contribution >= 0.6 is 23.4 Å². The zero-order valence-electron chi connectivity index (χ0n) is 19.2. The van der Waals surface area contributed by atoms with Gasteiger partial charge in [-0.2, -0.15) is 0 Å². The molecule has 0 aliphatic heterocycles. The van der Waals surface area contributed by atoms with E-state index < -0.39 is 22.5 Å². The molecule has 3 aromatic carbocycles. The number of carbonyl (C=O) groups is 1. The fraction of sp³-hybridized carbons (Fsp3) is 0.208. The lowest BCUT2D eigenvalue weighted by atomic mass is 10.2. The van der Waals surface area contributed by atoms with Crippen LogP contribution < -0.4 is 19.1 Å². The standard InChI is InChI=1S/C24H25ClN2O5S2/c1-16-9-11-21(32-3)23(13-16)34(29,30)27(17-10-12-20(31-2)18(25)14-17)15-24(28)26-19-7-5-6-8-22(19)33-4/h5-14H,15H2,1-4H3,(H,26,28). The van der Waals surface area contributed by atoms with E-state index in [4.69, 9.17) is 21.1 Å². The number of hydrogen-bond donors (Lipinski definition) is 1. The van der Waals surface area contributed by atoms with Crippen LogP contribution in [-0.4, -0.2) is 41.3 Å². The number of carbonyl (C=O) groups excluding carboxylic acids is 1. The van der Waals surface area contributed by atoms with E-state index in [1.807, 2.05) is 18.4 Å². The molecule has 0 aliphatic rings. The summed E-state index contributed by atoms with van der Waals surface area (Å²) in [7, 11) is -1.36. The van der Waals surface area contributed by atoms with Crippen molar-refractivity contribution >= 4 is 50.7 Å². The first-order valence-corrected chi connectivity index (χ1v) is 13.2. The molecule has 34 heavy (non-hydrogen) atoms. The second-order valence-electron chi connectivity index (χ2n) is 7.23. The van der Waals surface area contributed by atoms with Crippen LogP contribution in [0.3, 0.4) is 0 Å². The van der Waals surface area contributed by atoms with Crippen LogP contribution in [0, 0.1) is 6.92 Å². The van der Waals surface area contributed by atoms with E-state index in [2.05, 4.69) is 5.32 Å². The molecule has 0 saturated heterocycles. The number of hydrogen-bond acceptors (Lipinski definition) is 6. The molecule has 3 aromatic rings. The number of rotatable bonds is 9. The number of nitrogens with zero attached hydrogens (tertiary/aromatic N) is 1. The quantitative estimate of drug-likeness (QED) is 0.389. The number of aryl methyl sites for hydroxylation is 1. The molecule has 10 heteroatoms. The third-order valence-electron chi connectivity index (χ3n) is 4.98. The molecule has 0 spiro atoms. The molecule has 1 amide bonds. The van der Waals surface area contributed by atoms with Crippen molar-refractivity contribution in [1.82, 2.24) is 0 Å². The van der Waals surface area contributed by atoms with Crippen molar-refractivity contribution in [1.29, 1.82) is 0 Å². The fourth-order valence-electron chi connectivity index (χ4n) is 3.30. The molecular formula is C24H25ClN2O5S2. The summed E-state index contributed by atoms with van der Waals surface area (Å²) >= 11 is 7.76. The van der Waals surface area contributed by atoms with Crippen molar-refractivity contribution in [3.8, 4) is 11.5 Å². The second kappa shape index (κ2) is 11.0. The fourth-order valence-corrected chi connectivity index (χ4v) is 5.76. The minimum Gasteiger partial charge on any atom is -0.495 e. The highest BCUT2D eigenvalue weighted by molar-refractivity contribution is 7.98. The highest BCUT2D eigenvalue weighted by Gasteiger charge is 2.31. The van der Waals surface area contributed by atoms with Crippen molar-refractivity contribution in [2.24, 2.45) is 0 Å². The summed E-state index contributed by atoms with van der Waals surface area (Å²) in [5.74, 6) is 0.0428. The van der Waals surface area contributed by atoms with Crippen LogP contribution in [0.2, 0.25) is 5.02 Å². The van der Waals surface area contributed by atoms with E-state index in [1.165, 1.54) is 44.2 Å². The monoisotopic (exact) mass is 520 g/mol. The highest BCUT2D eigenvalue weighted by Crippen LogP contribution is 2.35. The van der Waals surface area contributed by atoms with Gasteiger partial charge < -0.3 is 14.8 Å². The van der Waals surface area contributed by atoms with Crippen LogP contribution in [0.25, 0.3) is 0 Å². The molecule has 0 aliphatic carbocycles. The Labute approximate surface area is 209 Å². The molecule has 0 heterocycles. The average Bonchev–Trinajstić information content (AvgIpc) is 2.82. The largest absolute Gasteiger partial charge is 0.495 e. The summed E-state index contributed by atoms with van der Waals surface area (Å²) in [5, 5.41) is 3.02. The Bertz CT molecular complexity index is 1300. The predicted octanol–water partition coefficient (Wildman–Crippen LogP) is 5.22. The van der Waals surface area contributed by atoms with Gasteiger partial charge in [0.2, 0.25) is 5.91 Å². The third-order valence-corrected chi connectivity index (χ3v) is 7.87. The summed E-state index contributed by atoms with van der Waals surface area (Å²) in [4.78, 5) is 13.9. The van der Waals surface area contributed by atoms with Crippen molar-refractivity contribution in [3.63, 3.8) is 0 Å². The lowest BCUT2D eigenvalue weighted by Gasteiger charge is -2.25. The lowest BCUT2D eigenvalue weighted by molar-refractivity contribution is -0.114. The first-order valence-electron chi connectivity index (χ1n) is 10.1. The van der Waals surface area contributed by atoms with Crippen LogP contribution in [0.5, 0.6) is 11.5 Å². The zero-order valence-corrected chi connectivity index (χ0v) is 21.6. The van der Waals surface area contributed by atoms with Gasteiger partial charge in [-0.3, -0.25) is 9.10 Å². The third kappa shape index (κ3) is 5.60. The number of sulfonamides is 1. The van der Waals surface area contributed by atoms with Crippen LogP contribution in [0.4, 0.5) is 11.4 Å². The number of para-hydroxylation sites is 1. The maximum atomic E-state index is 13.8. The minimum absolute atomic E-state index is 0.0562. The van der Waals surface area contributed by atoms with Gasteiger partial charge in [0, 0.05) is 4.90 Å². The maximum Gasteiger partial charge on any atom is 0.268 e. The SMILES string of the molecule is COc1ccc(N(CC(=O)Nc2ccccc2SC)S(=O)(=O)c2cc(C)ccc2OC)cc1Cl. The number of methoxy groups -OCH3 is 2. The smallest absolute Gasteiger partial charge is 0.268 e. The van der Waals surface area contributed by atoms with Gasteiger partial charge in [-0.15, -0.1) is 11.8 Å². The molecule has 1 N–H and O–H groups in total. The second-order valence-corrected chi connectivity index (χ2v) is 10.3. The summed E-state index contributed by atoms with van der Waals surface area (Å²) in [6, 6.07) is 16.7. The van der Waals surface area contributed by atoms with Crippen molar-refractivity contribution in [2.75, 3.05) is 36.6 Å². The molecule has 0 unspecified atom stereocenters. The van der Waals surface area contributed by atoms with Gasteiger partial charge in [0.1, 0.15) is 22.9 Å². The first-order chi connectivity index (χ1) is 16.2. The van der Waals surface area contributed by atoms with Gasteiger partial charge in [-0.25, -0.2) is 8.42 Å². The molecule has 7 nitrogen and oxygen atoms in total. The van der Waals surface area contributed by atoms with E-state index >= 15 is 0 Å². The summed E-state index contributed by atoms with van der Waals surface area (Å²) in [6.45, 7) is 1.30. The number of amides is 1. The molecule has 3 rings (SSSR count). The lowest BCUT2D eigenvalue weighted by Crippen LogP contribution is -2.38. The Morgan fingerprint density at radius 3 is 2.35 bits per heavy atom. The van der Waals surface area contributed by atoms with Gasteiger partial charge in [-0.05, 0) is 61.2 Å². The molecule has 180 valence electrons. The number of halogens is 1. The van der Waals surface area contributed by atoms with Crippen molar-refractivity contribution in [2.45, 2.75) is 16.7 Å². The molecule has 0 saturated carbocycles. The van der Waals surface area contributed by atoms with E-state index in [9.17, 15) is 13.2 Å². The van der Waals surface area contributed by atoms with Gasteiger partial charge >= 0.3 is 0 Å². The minimum atomic E-state index is -4.22. The Morgan fingerprint density at radius 1 is 1.03 bits per heavy atom. The van der Waals surface area contributed by atoms with Crippen LogP contribution in [0.1, 0.15) is 5.56 Å². The molecule has 0 radical (unpaired) electrons. The van der Waals surface area contributed by atoms with Gasteiger partial charge in [0.25, 0.3) is 10.0 Å². The highest BCUT2D eigenvalue weighted by atomic mass is 35.5. The van der Waals surface area contributed by atoms with Crippen molar-refractivity contribution in [3.05, 3.63) is 71.2 Å². The van der Waals surface area contributed by atoms with E-state index in [-0.39, 0.29) is 21.4 Å². The number of benzene rings is 3. The Balaban J connectivity index is 2.07. The van der Waals surface area contributed by atoms with E-state index in [0.29, 0.717) is 11.4 Å². The van der Waals surface area contributed by atoms with E-state index in [1.54, 1.807) is 37.3 Å². The van der Waals surface area contributed by atoms with Gasteiger partial charge in [-0.1, -0.05) is 29.8 Å². The Hall–Kier alpha value is -2.88. The van der Waals surface area contributed by atoms with Crippen molar-refractivity contribution < 1.29 is 22.7 Å². The van der Waals surface area contributed by atoms with Gasteiger partial charge in [0.05, 0.1) is 30.6 Å². The maximum absolute atomic E-state index is 13.8. The Morgan fingerprint density at radius 2 is 1.71 bits per heavy atom. The molecule has 0 fully saturated rings. The number of nitrogens with one attached hydrogen (secondary N) is 1. The number of anilines is 2. The van der Waals surface area contributed by atoms with Crippen LogP contribution in [0.15, 0.2) is 70.5 Å². The van der Waals surface area contributed by atoms with Gasteiger partial charge in [0.15, 0.2) is 0 Å². The van der Waals surface area contributed by atoms with Crippen LogP contribution in [-0.2, 0) is 14.8 Å². The summed E-state index contributed by atoms with van der Waals surface area (Å²) in [5.41, 5.74) is 1.53. The molecule has 0 atom stereocenters. The Kier molecular flexibility index (Phi) is 8.35. The zero-order chi connectivity index (χ0) is 24.9. The topological polar surface area (TPSA) is 84.9 Å². The molecule has 0 aromatic heterocycles. The number of thioether (sulfide) groups is 1. The molecule has 0 bridgehead atoms. The predicted molar refractivity (Wildman–Crippen MR) is 137 cm³/mol. The molecular weight excluding hydrogens is 496 g/mol. The average molecular weight is 521 g/mol. The summed E-state index contributed by atoms with van der Waals surface area (Å²) in [6.07, 6.45) is 1.89. The first kappa shape index (κ1) is 25.7. The summed E-state index contributed by atoms with van der Waals surface area (Å²) < 4.78 is 39.2.